The van der Waals surface area contributed by atoms with E-state index in [4.69, 9.17) is 24.7 Å². The molecule has 0 aromatic carbocycles. The van der Waals surface area contributed by atoms with E-state index in [1.165, 1.54) is 42.6 Å². The maximum absolute atomic E-state index is 12.7. The summed E-state index contributed by atoms with van der Waals surface area (Å²) in [6.45, 7) is 4.42. The zero-order chi connectivity index (χ0) is 21.9. The molecule has 0 bridgehead atoms. The first-order valence-corrected chi connectivity index (χ1v) is 9.92. The number of β-lactam (4-membered cyclic amide) rings is 1. The van der Waals surface area contributed by atoms with Crippen LogP contribution in [0.1, 0.15) is 20.8 Å². The average molecular weight is 431 g/mol. The first-order valence-electron chi connectivity index (χ1n) is 8.87. The number of hydrogen-bond acceptors (Lipinski definition) is 10. The van der Waals surface area contributed by atoms with Gasteiger partial charge in [-0.25, -0.2) is 14.4 Å². The topological polar surface area (TPSA) is 138 Å². The van der Waals surface area contributed by atoms with Crippen molar-refractivity contribution in [1.29, 1.82) is 0 Å². The van der Waals surface area contributed by atoms with Gasteiger partial charge >= 0.3 is 18.2 Å². The molecule has 2 rings (SSSR count). The zero-order valence-corrected chi connectivity index (χ0v) is 17.7. The number of esters is 1. The summed E-state index contributed by atoms with van der Waals surface area (Å²) in [4.78, 5) is 50.7. The van der Waals surface area contributed by atoms with Crippen molar-refractivity contribution in [2.45, 2.75) is 44.6 Å². The Labute approximate surface area is 172 Å². The van der Waals surface area contributed by atoms with Crippen molar-refractivity contribution in [3.8, 4) is 0 Å². The largest absolute Gasteiger partial charge is 0.511 e. The highest BCUT2D eigenvalue weighted by molar-refractivity contribution is 8.00. The fraction of sp³-hybridized carbons (Fsp3) is 0.647. The standard InChI is InChI=1S/C17H25N3O8S/c1-8(2)26-17(24)28-9(3)27-15(22)12-10(6-25-16(23)19(4)5)7-29-14-11(18)13(21)20(12)14/h8-9,11,14H,6-7,18H2,1-5H3/t9-,11-,14-/m1/s1. The molecule has 2 aliphatic heterocycles. The first kappa shape index (κ1) is 22.8. The number of nitrogens with zero attached hydrogens (tertiary/aromatic N) is 2. The predicted octanol–water partition coefficient (Wildman–Crippen LogP) is 0.632. The predicted molar refractivity (Wildman–Crippen MR) is 101 cm³/mol. The molecule has 0 radical (unpaired) electrons. The van der Waals surface area contributed by atoms with Gasteiger partial charge < -0.3 is 29.6 Å². The lowest BCUT2D eigenvalue weighted by Gasteiger charge is -2.48. The highest BCUT2D eigenvalue weighted by Crippen LogP contribution is 2.40. The van der Waals surface area contributed by atoms with Gasteiger partial charge in [-0.05, 0) is 13.8 Å². The highest BCUT2D eigenvalue weighted by Gasteiger charge is 2.52. The molecule has 0 unspecified atom stereocenters. The molecule has 2 N–H and O–H groups in total. The number of fused-ring (bicyclic) bond motifs is 1. The van der Waals surface area contributed by atoms with Gasteiger partial charge in [0.1, 0.15) is 23.7 Å². The molecule has 1 fully saturated rings. The Bertz CT molecular complexity index is 723. The number of thioether (sulfide) groups is 1. The van der Waals surface area contributed by atoms with Gasteiger partial charge in [-0.2, -0.15) is 0 Å². The van der Waals surface area contributed by atoms with Crippen LogP contribution in [0.2, 0.25) is 0 Å². The maximum Gasteiger partial charge on any atom is 0.511 e. The SMILES string of the molecule is CC(C)OC(=O)O[C@H](C)OC(=O)C1=C(COC(=O)N(C)C)CS[C@@H]2[C@H](N)C(=O)N12. The Hall–Kier alpha value is -2.47. The Morgan fingerprint density at radius 2 is 1.86 bits per heavy atom. The van der Waals surface area contributed by atoms with Gasteiger partial charge in [-0.1, -0.05) is 0 Å². The van der Waals surface area contributed by atoms with Gasteiger partial charge in [0, 0.05) is 32.3 Å². The van der Waals surface area contributed by atoms with Crippen LogP contribution in [0.5, 0.6) is 0 Å². The molecule has 2 heterocycles. The molecule has 12 heteroatoms. The van der Waals surface area contributed by atoms with Crippen LogP contribution in [-0.2, 0) is 28.5 Å². The van der Waals surface area contributed by atoms with E-state index >= 15 is 0 Å². The molecule has 162 valence electrons. The van der Waals surface area contributed by atoms with Crippen LogP contribution in [0, 0.1) is 0 Å². The third kappa shape index (κ3) is 5.32. The van der Waals surface area contributed by atoms with Gasteiger partial charge in [-0.15, -0.1) is 11.8 Å². The molecule has 1 saturated heterocycles. The van der Waals surface area contributed by atoms with Gasteiger partial charge in [0.15, 0.2) is 0 Å². The second-order valence-electron chi connectivity index (χ2n) is 6.84. The summed E-state index contributed by atoms with van der Waals surface area (Å²) in [5.41, 5.74) is 6.13. The van der Waals surface area contributed by atoms with E-state index in [9.17, 15) is 19.2 Å². The number of rotatable bonds is 6. The molecular formula is C17H25N3O8S. The van der Waals surface area contributed by atoms with E-state index in [0.717, 1.165) is 0 Å². The van der Waals surface area contributed by atoms with E-state index in [0.29, 0.717) is 11.3 Å². The molecule has 29 heavy (non-hydrogen) atoms. The normalized spacial score (nSPS) is 21.8. The van der Waals surface area contributed by atoms with Crippen LogP contribution in [0.3, 0.4) is 0 Å². The smallest absolute Gasteiger partial charge is 0.445 e. The van der Waals surface area contributed by atoms with E-state index < -0.39 is 47.9 Å². The molecule has 2 amide bonds. The Morgan fingerprint density at radius 3 is 2.45 bits per heavy atom. The van der Waals surface area contributed by atoms with Crippen LogP contribution >= 0.6 is 11.8 Å². The number of carbonyl (C=O) groups excluding carboxylic acids is 4. The van der Waals surface area contributed by atoms with E-state index in [1.807, 2.05) is 0 Å². The number of nitrogens with two attached hydrogens (primary N) is 1. The summed E-state index contributed by atoms with van der Waals surface area (Å²) in [6, 6.07) is -0.733. The van der Waals surface area contributed by atoms with Crippen LogP contribution in [0.25, 0.3) is 0 Å². The van der Waals surface area contributed by atoms with Crippen molar-refractivity contribution >= 4 is 35.9 Å². The summed E-state index contributed by atoms with van der Waals surface area (Å²) in [7, 11) is 3.04. The fourth-order valence-corrected chi connectivity index (χ4v) is 3.82. The third-order valence-corrected chi connectivity index (χ3v) is 5.24. The average Bonchev–Trinajstić information content (AvgIpc) is 2.63. The molecular weight excluding hydrogens is 406 g/mol. The second-order valence-corrected chi connectivity index (χ2v) is 7.95. The van der Waals surface area contributed by atoms with E-state index in [1.54, 1.807) is 13.8 Å². The summed E-state index contributed by atoms with van der Waals surface area (Å²) in [5, 5.41) is -0.416. The Kier molecular flexibility index (Phi) is 7.36. The monoisotopic (exact) mass is 431 g/mol. The second kappa shape index (κ2) is 9.35. The van der Waals surface area contributed by atoms with Crippen molar-refractivity contribution in [3.05, 3.63) is 11.3 Å². The van der Waals surface area contributed by atoms with Crippen LogP contribution < -0.4 is 5.73 Å². The molecule has 2 aliphatic rings. The lowest BCUT2D eigenvalue weighted by molar-refractivity contribution is -0.169. The molecule has 0 aromatic heterocycles. The molecule has 3 atom stereocenters. The van der Waals surface area contributed by atoms with Gasteiger partial charge in [0.05, 0.1) is 6.10 Å². The van der Waals surface area contributed by atoms with Crippen LogP contribution in [-0.4, -0.2) is 84.2 Å². The molecule has 11 nitrogen and oxygen atoms in total. The third-order valence-electron chi connectivity index (χ3n) is 3.88. The quantitative estimate of drug-likeness (QED) is 0.276. The van der Waals surface area contributed by atoms with Crippen LogP contribution in [0.4, 0.5) is 9.59 Å². The summed E-state index contributed by atoms with van der Waals surface area (Å²) in [5.74, 6) is -1.02. The summed E-state index contributed by atoms with van der Waals surface area (Å²) in [6.07, 6.45) is -3.25. The summed E-state index contributed by atoms with van der Waals surface area (Å²) < 4.78 is 20.0. The lowest BCUT2D eigenvalue weighted by Crippen LogP contribution is -2.68. The van der Waals surface area contributed by atoms with Crippen molar-refractivity contribution in [2.75, 3.05) is 26.5 Å². The van der Waals surface area contributed by atoms with Crippen molar-refractivity contribution in [2.24, 2.45) is 5.73 Å². The van der Waals surface area contributed by atoms with Gasteiger partial charge in [0.2, 0.25) is 12.2 Å². The van der Waals surface area contributed by atoms with Gasteiger partial charge in [-0.3, -0.25) is 9.69 Å². The molecule has 0 saturated carbocycles. The van der Waals surface area contributed by atoms with E-state index in [2.05, 4.69) is 0 Å². The molecule has 0 spiro atoms. The Balaban J connectivity index is 2.14. The minimum Gasteiger partial charge on any atom is -0.445 e. The number of amides is 2. The fourth-order valence-electron chi connectivity index (χ4n) is 2.54. The van der Waals surface area contributed by atoms with Crippen molar-refractivity contribution in [1.82, 2.24) is 9.80 Å². The number of carbonyl (C=O) groups is 4. The van der Waals surface area contributed by atoms with Crippen molar-refractivity contribution < 1.29 is 38.1 Å². The molecule has 0 aliphatic carbocycles. The minimum atomic E-state index is -1.26. The van der Waals surface area contributed by atoms with Gasteiger partial charge in [0.25, 0.3) is 0 Å². The van der Waals surface area contributed by atoms with E-state index in [-0.39, 0.29) is 12.3 Å². The Morgan fingerprint density at radius 1 is 1.21 bits per heavy atom. The maximum atomic E-state index is 12.7. The number of hydrogen-bond donors (Lipinski definition) is 1. The minimum absolute atomic E-state index is 0.0558. The lowest BCUT2D eigenvalue weighted by atomic mass is 10.0. The zero-order valence-electron chi connectivity index (χ0n) is 16.9. The summed E-state index contributed by atoms with van der Waals surface area (Å²) >= 11 is 1.35. The molecule has 0 aromatic rings. The van der Waals surface area contributed by atoms with Crippen LogP contribution in [0.15, 0.2) is 11.3 Å². The number of ether oxygens (including phenoxy) is 4. The first-order chi connectivity index (χ1) is 13.5. The van der Waals surface area contributed by atoms with Crippen molar-refractivity contribution in [3.63, 3.8) is 0 Å². The highest BCUT2D eigenvalue weighted by atomic mass is 32.2.